The van der Waals surface area contributed by atoms with Gasteiger partial charge in [-0.15, -0.1) is 11.8 Å². The third-order valence-corrected chi connectivity index (χ3v) is 5.13. The van der Waals surface area contributed by atoms with Crippen LogP contribution in [0.5, 0.6) is 0 Å². The minimum absolute atomic E-state index is 0.756. The summed E-state index contributed by atoms with van der Waals surface area (Å²) in [7, 11) is 0. The molecule has 0 aromatic heterocycles. The average molecular weight is 371 g/mol. The van der Waals surface area contributed by atoms with Gasteiger partial charge in [0.15, 0.2) is 6.29 Å². The summed E-state index contributed by atoms with van der Waals surface area (Å²) >= 11 is 5.18. The van der Waals surface area contributed by atoms with Crippen molar-refractivity contribution in [1.29, 1.82) is 0 Å². The molecule has 0 aliphatic rings. The molecule has 110 valence electrons. The number of carbonyl (C=O) groups excluding carboxylic acids is 1. The van der Waals surface area contributed by atoms with Gasteiger partial charge in [-0.2, -0.15) is 0 Å². The Morgan fingerprint density at radius 2 is 1.77 bits per heavy atom. The lowest BCUT2D eigenvalue weighted by atomic mass is 10.1. The van der Waals surface area contributed by atoms with Crippen molar-refractivity contribution >= 4 is 44.8 Å². The predicted molar refractivity (Wildman–Crippen MR) is 97.9 cm³/mol. The molecule has 0 unspecified atom stereocenters. The van der Waals surface area contributed by atoms with Crippen LogP contribution >= 0.6 is 27.7 Å². The van der Waals surface area contributed by atoms with E-state index in [4.69, 9.17) is 0 Å². The molecule has 0 spiro atoms. The van der Waals surface area contributed by atoms with Gasteiger partial charge in [0.05, 0.1) is 0 Å². The molecule has 0 saturated heterocycles. The summed E-state index contributed by atoms with van der Waals surface area (Å²) in [6.45, 7) is 0. The Morgan fingerprint density at radius 3 is 2.59 bits per heavy atom. The van der Waals surface area contributed by atoms with Gasteiger partial charge in [0.2, 0.25) is 0 Å². The summed E-state index contributed by atoms with van der Waals surface area (Å²) in [4.78, 5) is 12.1. The van der Waals surface area contributed by atoms with Crippen LogP contribution in [0.15, 0.2) is 70.0 Å². The number of halogens is 1. The van der Waals surface area contributed by atoms with E-state index in [-0.39, 0.29) is 0 Å². The molecule has 0 saturated carbocycles. The topological polar surface area (TPSA) is 17.1 Å². The van der Waals surface area contributed by atoms with Crippen LogP contribution < -0.4 is 0 Å². The number of carbonyl (C=O) groups is 1. The smallest absolute Gasteiger partial charge is 0.151 e. The van der Waals surface area contributed by atoms with Crippen molar-refractivity contribution in [2.45, 2.75) is 11.3 Å². The van der Waals surface area contributed by atoms with Gasteiger partial charge in [0.25, 0.3) is 0 Å². The number of aldehydes is 1. The van der Waals surface area contributed by atoms with Gasteiger partial charge in [-0.3, -0.25) is 4.79 Å². The maximum absolute atomic E-state index is 11.1. The molecule has 0 aliphatic heterocycles. The second-order valence-corrected chi connectivity index (χ2v) is 7.13. The van der Waals surface area contributed by atoms with Gasteiger partial charge >= 0.3 is 0 Å². The summed E-state index contributed by atoms with van der Waals surface area (Å²) in [5.41, 5.74) is 2.08. The fourth-order valence-corrected chi connectivity index (χ4v) is 3.97. The molecule has 3 heteroatoms. The van der Waals surface area contributed by atoms with Crippen LogP contribution in [0.25, 0.3) is 10.8 Å². The lowest BCUT2D eigenvalue weighted by Gasteiger charge is -2.06. The molecule has 0 aliphatic carbocycles. The van der Waals surface area contributed by atoms with E-state index < -0.39 is 0 Å². The molecule has 0 bridgehead atoms. The van der Waals surface area contributed by atoms with Crippen molar-refractivity contribution in [2.24, 2.45) is 0 Å². The van der Waals surface area contributed by atoms with Crippen LogP contribution in [0.2, 0.25) is 0 Å². The van der Waals surface area contributed by atoms with E-state index in [1.54, 1.807) is 11.8 Å². The summed E-state index contributed by atoms with van der Waals surface area (Å²) in [5, 5.41) is 2.55. The Hall–Kier alpha value is -1.58. The van der Waals surface area contributed by atoms with Crippen LogP contribution in [0.4, 0.5) is 0 Å². The van der Waals surface area contributed by atoms with Crippen molar-refractivity contribution in [1.82, 2.24) is 0 Å². The van der Waals surface area contributed by atoms with E-state index in [9.17, 15) is 4.79 Å². The zero-order valence-corrected chi connectivity index (χ0v) is 14.4. The van der Waals surface area contributed by atoms with Gasteiger partial charge in [-0.05, 0) is 41.0 Å². The Kier molecular flexibility index (Phi) is 4.96. The van der Waals surface area contributed by atoms with Crippen LogP contribution in [-0.2, 0) is 6.42 Å². The van der Waals surface area contributed by atoms with Crippen LogP contribution in [0.1, 0.15) is 15.9 Å². The van der Waals surface area contributed by atoms with Crippen molar-refractivity contribution in [3.8, 4) is 0 Å². The number of rotatable bonds is 5. The number of aryl methyl sites for hydroxylation is 1. The molecule has 22 heavy (non-hydrogen) atoms. The number of hydrogen-bond donors (Lipinski definition) is 0. The Labute approximate surface area is 142 Å². The third kappa shape index (κ3) is 3.60. The molecule has 0 atom stereocenters. The van der Waals surface area contributed by atoms with Gasteiger partial charge in [-0.1, -0.05) is 58.4 Å². The standard InChI is InChI=1S/C19H15BrOS/c20-18-8-7-17(13-21)19(12-18)22-10-9-14-5-6-15-3-1-2-4-16(15)11-14/h1-8,11-13H,9-10H2. The van der Waals surface area contributed by atoms with Gasteiger partial charge in [0.1, 0.15) is 0 Å². The zero-order valence-electron chi connectivity index (χ0n) is 12.0. The highest BCUT2D eigenvalue weighted by Crippen LogP contribution is 2.26. The van der Waals surface area contributed by atoms with E-state index in [1.165, 1.54) is 16.3 Å². The molecule has 0 radical (unpaired) electrons. The fourth-order valence-electron chi connectivity index (χ4n) is 2.40. The zero-order chi connectivity index (χ0) is 15.4. The maximum Gasteiger partial charge on any atom is 0.151 e. The van der Waals surface area contributed by atoms with Gasteiger partial charge in [0, 0.05) is 20.7 Å². The molecule has 1 nitrogen and oxygen atoms in total. The van der Waals surface area contributed by atoms with Gasteiger partial charge < -0.3 is 0 Å². The highest BCUT2D eigenvalue weighted by atomic mass is 79.9. The average Bonchev–Trinajstić information content (AvgIpc) is 2.55. The normalized spacial score (nSPS) is 10.8. The largest absolute Gasteiger partial charge is 0.298 e. The predicted octanol–water partition coefficient (Wildman–Crippen LogP) is 5.75. The molecular formula is C19H15BrOS. The van der Waals surface area contributed by atoms with Crippen LogP contribution in [-0.4, -0.2) is 12.0 Å². The monoisotopic (exact) mass is 370 g/mol. The second-order valence-electron chi connectivity index (χ2n) is 5.08. The minimum atomic E-state index is 0.756. The third-order valence-electron chi connectivity index (χ3n) is 3.56. The molecule has 0 fully saturated rings. The second kappa shape index (κ2) is 7.12. The Morgan fingerprint density at radius 1 is 0.955 bits per heavy atom. The fraction of sp³-hybridized carbons (Fsp3) is 0.105. The minimum Gasteiger partial charge on any atom is -0.298 e. The molecule has 0 amide bonds. The van der Waals surface area contributed by atoms with Crippen molar-refractivity contribution in [2.75, 3.05) is 5.75 Å². The summed E-state index contributed by atoms with van der Waals surface area (Å²) < 4.78 is 1.01. The first-order chi connectivity index (χ1) is 10.8. The van der Waals surface area contributed by atoms with Crippen LogP contribution in [0.3, 0.4) is 0 Å². The summed E-state index contributed by atoms with van der Waals surface area (Å²) in [5.74, 6) is 0.954. The summed E-state index contributed by atoms with van der Waals surface area (Å²) in [6, 6.07) is 20.8. The molecule has 3 aromatic rings. The molecule has 0 heterocycles. The van der Waals surface area contributed by atoms with Crippen molar-refractivity contribution < 1.29 is 4.79 Å². The molecule has 3 rings (SSSR count). The van der Waals surface area contributed by atoms with Crippen molar-refractivity contribution in [3.05, 3.63) is 76.3 Å². The van der Waals surface area contributed by atoms with Gasteiger partial charge in [-0.25, -0.2) is 0 Å². The lowest BCUT2D eigenvalue weighted by molar-refractivity contribution is 0.112. The van der Waals surface area contributed by atoms with E-state index >= 15 is 0 Å². The first kappa shape index (κ1) is 15.3. The quantitative estimate of drug-likeness (QED) is 0.420. The van der Waals surface area contributed by atoms with Crippen molar-refractivity contribution in [3.63, 3.8) is 0 Å². The molecule has 3 aromatic carbocycles. The molecular weight excluding hydrogens is 356 g/mol. The SMILES string of the molecule is O=Cc1ccc(Br)cc1SCCc1ccc2ccccc2c1. The first-order valence-corrected chi connectivity index (χ1v) is 8.89. The maximum atomic E-state index is 11.1. The lowest BCUT2D eigenvalue weighted by Crippen LogP contribution is -1.91. The Bertz CT molecular complexity index is 813. The van der Waals surface area contributed by atoms with E-state index in [0.717, 1.165) is 33.4 Å². The number of hydrogen-bond acceptors (Lipinski definition) is 2. The van der Waals surface area contributed by atoms with E-state index in [0.29, 0.717) is 0 Å². The number of benzene rings is 3. The highest BCUT2D eigenvalue weighted by molar-refractivity contribution is 9.10. The number of fused-ring (bicyclic) bond motifs is 1. The summed E-state index contributed by atoms with van der Waals surface area (Å²) in [6.07, 6.45) is 1.91. The highest BCUT2D eigenvalue weighted by Gasteiger charge is 2.04. The molecule has 0 N–H and O–H groups in total. The van der Waals surface area contributed by atoms with E-state index in [2.05, 4.69) is 58.4 Å². The van der Waals surface area contributed by atoms with Crippen LogP contribution in [0, 0.1) is 0 Å². The Balaban J connectivity index is 1.69. The first-order valence-electron chi connectivity index (χ1n) is 7.11. The number of thioether (sulfide) groups is 1. The van der Waals surface area contributed by atoms with E-state index in [1.807, 2.05) is 18.2 Å².